The fourth-order valence-electron chi connectivity index (χ4n) is 5.53. The number of hydrogen-bond donors (Lipinski definition) is 1. The maximum atomic E-state index is 14.0. The van der Waals surface area contributed by atoms with E-state index >= 15 is 0 Å². The number of carbonyl (C=O) groups is 4. The molecule has 8 nitrogen and oxygen atoms in total. The lowest BCUT2D eigenvalue weighted by Gasteiger charge is -2.33. The van der Waals surface area contributed by atoms with E-state index in [0.717, 1.165) is 22.3 Å². The second kappa shape index (κ2) is 13.4. The molecular weight excluding hydrogens is 558 g/mol. The zero-order valence-corrected chi connectivity index (χ0v) is 24.5. The van der Waals surface area contributed by atoms with Crippen molar-refractivity contribution in [2.75, 3.05) is 13.2 Å². The molecule has 1 aliphatic rings. The van der Waals surface area contributed by atoms with E-state index in [1.807, 2.05) is 54.6 Å². The molecule has 1 N–H and O–H groups in total. The molecule has 2 atom stereocenters. The minimum atomic E-state index is -2.19. The average Bonchev–Trinajstić information content (AvgIpc) is 3.38. The molecule has 44 heavy (non-hydrogen) atoms. The number of fused-ring (bicyclic) bond motifs is 3. The van der Waals surface area contributed by atoms with Crippen molar-refractivity contribution in [1.29, 1.82) is 0 Å². The van der Waals surface area contributed by atoms with E-state index in [4.69, 9.17) is 14.2 Å². The fraction of sp³-hybridized carbons (Fsp3) is 0.222. The second-order valence-electron chi connectivity index (χ2n) is 10.6. The van der Waals surface area contributed by atoms with Gasteiger partial charge in [0, 0.05) is 11.5 Å². The standard InChI is InChI=1S/C36H33NO7/c1-3-42-33(39)31(37-35(41)44-23-30-28-20-12-10-18-26(28)27-19-11-13-21-29(27)30)36(2,32(38)25-16-8-5-9-17-25)34(40)43-22-24-14-6-4-7-15-24/h4-21,30-31H,3,22-23H2,1-2H3,(H,37,41)/t31-,36-/m1/s1. The number of ether oxygens (including phenoxy) is 3. The molecule has 224 valence electrons. The van der Waals surface area contributed by atoms with Crippen LogP contribution in [0.4, 0.5) is 4.79 Å². The van der Waals surface area contributed by atoms with Crippen LogP contribution in [0.15, 0.2) is 109 Å². The summed E-state index contributed by atoms with van der Waals surface area (Å²) in [5, 5.41) is 2.49. The Morgan fingerprint density at radius 1 is 0.727 bits per heavy atom. The van der Waals surface area contributed by atoms with Gasteiger partial charge in [-0.05, 0) is 41.7 Å². The lowest BCUT2D eigenvalue weighted by atomic mass is 9.75. The van der Waals surface area contributed by atoms with Gasteiger partial charge in [-0.25, -0.2) is 9.59 Å². The second-order valence-corrected chi connectivity index (χ2v) is 10.6. The maximum Gasteiger partial charge on any atom is 0.407 e. The first kappa shape index (κ1) is 30.2. The van der Waals surface area contributed by atoms with Crippen LogP contribution in [0.5, 0.6) is 0 Å². The SMILES string of the molecule is CCOC(=O)[C@@H](NC(=O)OCC1c2ccccc2-c2ccccc21)[C@@](C)(C(=O)OCc1ccccc1)C(=O)c1ccccc1. The number of benzene rings is 4. The highest BCUT2D eigenvalue weighted by Gasteiger charge is 2.54. The first-order valence-electron chi connectivity index (χ1n) is 14.4. The van der Waals surface area contributed by atoms with Crippen LogP contribution in [-0.4, -0.2) is 43.1 Å². The Kier molecular flexibility index (Phi) is 9.19. The summed E-state index contributed by atoms with van der Waals surface area (Å²) in [5.41, 5.74) is 2.80. The van der Waals surface area contributed by atoms with E-state index in [0.29, 0.717) is 5.56 Å². The number of nitrogens with one attached hydrogen (secondary N) is 1. The minimum absolute atomic E-state index is 0.0306. The number of hydrogen-bond acceptors (Lipinski definition) is 7. The van der Waals surface area contributed by atoms with Gasteiger partial charge < -0.3 is 19.5 Å². The molecule has 0 unspecified atom stereocenters. The van der Waals surface area contributed by atoms with Crippen molar-refractivity contribution in [2.45, 2.75) is 32.4 Å². The maximum absolute atomic E-state index is 14.0. The quantitative estimate of drug-likeness (QED) is 0.0973. The van der Waals surface area contributed by atoms with Crippen LogP contribution in [0.2, 0.25) is 0 Å². The smallest absolute Gasteiger partial charge is 0.407 e. The summed E-state index contributed by atoms with van der Waals surface area (Å²) in [6.45, 7) is 2.65. The average molecular weight is 592 g/mol. The summed E-state index contributed by atoms with van der Waals surface area (Å²) in [6, 6.07) is 31.0. The third kappa shape index (κ3) is 6.10. The summed E-state index contributed by atoms with van der Waals surface area (Å²) >= 11 is 0. The zero-order valence-electron chi connectivity index (χ0n) is 24.5. The predicted octanol–water partition coefficient (Wildman–Crippen LogP) is 6.09. The first-order valence-corrected chi connectivity index (χ1v) is 14.4. The van der Waals surface area contributed by atoms with E-state index in [-0.39, 0.29) is 31.3 Å². The van der Waals surface area contributed by atoms with Gasteiger partial charge in [-0.15, -0.1) is 0 Å². The lowest BCUT2D eigenvalue weighted by molar-refractivity contribution is -0.162. The largest absolute Gasteiger partial charge is 0.464 e. The van der Waals surface area contributed by atoms with Crippen LogP contribution in [0, 0.1) is 5.41 Å². The summed E-state index contributed by atoms with van der Waals surface area (Å²) in [5.74, 6) is -2.91. The lowest BCUT2D eigenvalue weighted by Crippen LogP contribution is -2.59. The van der Waals surface area contributed by atoms with Crippen molar-refractivity contribution < 1.29 is 33.4 Å². The van der Waals surface area contributed by atoms with Crippen LogP contribution in [0.1, 0.15) is 46.8 Å². The molecular formula is C36H33NO7. The van der Waals surface area contributed by atoms with Crippen molar-refractivity contribution in [3.8, 4) is 11.1 Å². The summed E-state index contributed by atoms with van der Waals surface area (Å²) in [6.07, 6.45) is -0.979. The molecule has 1 amide bonds. The molecule has 0 saturated heterocycles. The molecule has 5 rings (SSSR count). The molecule has 0 aliphatic heterocycles. The number of carbonyl (C=O) groups excluding carboxylic acids is 4. The van der Waals surface area contributed by atoms with Gasteiger partial charge >= 0.3 is 18.0 Å². The van der Waals surface area contributed by atoms with Crippen LogP contribution >= 0.6 is 0 Å². The monoisotopic (exact) mass is 591 g/mol. The highest BCUT2D eigenvalue weighted by atomic mass is 16.6. The summed E-state index contributed by atoms with van der Waals surface area (Å²) in [7, 11) is 0. The molecule has 8 heteroatoms. The van der Waals surface area contributed by atoms with Gasteiger partial charge in [0.1, 0.15) is 13.2 Å². The Morgan fingerprint density at radius 2 is 1.27 bits per heavy atom. The van der Waals surface area contributed by atoms with Gasteiger partial charge in [0.05, 0.1) is 6.61 Å². The van der Waals surface area contributed by atoms with Gasteiger partial charge in [0.25, 0.3) is 0 Å². The normalized spacial score (nSPS) is 13.9. The van der Waals surface area contributed by atoms with Crippen molar-refractivity contribution >= 4 is 23.8 Å². The van der Waals surface area contributed by atoms with E-state index < -0.39 is 35.3 Å². The van der Waals surface area contributed by atoms with Gasteiger partial charge in [-0.2, -0.15) is 0 Å². The van der Waals surface area contributed by atoms with Crippen LogP contribution < -0.4 is 5.32 Å². The molecule has 0 bridgehead atoms. The molecule has 0 radical (unpaired) electrons. The molecule has 0 spiro atoms. The number of ketones is 1. The zero-order chi connectivity index (χ0) is 31.1. The van der Waals surface area contributed by atoms with Crippen LogP contribution in [0.25, 0.3) is 11.1 Å². The highest BCUT2D eigenvalue weighted by Crippen LogP contribution is 2.44. The molecule has 0 heterocycles. The third-order valence-corrected chi connectivity index (χ3v) is 7.85. The Bertz CT molecular complexity index is 1610. The van der Waals surface area contributed by atoms with Gasteiger partial charge in [-0.1, -0.05) is 109 Å². The number of amides is 1. The van der Waals surface area contributed by atoms with E-state index in [1.165, 1.54) is 19.1 Å². The van der Waals surface area contributed by atoms with Crippen molar-refractivity contribution in [3.63, 3.8) is 0 Å². The Balaban J connectivity index is 1.41. The van der Waals surface area contributed by atoms with Gasteiger partial charge in [0.2, 0.25) is 0 Å². The fourth-order valence-corrected chi connectivity index (χ4v) is 5.53. The van der Waals surface area contributed by atoms with E-state index in [9.17, 15) is 19.2 Å². The summed E-state index contributed by atoms with van der Waals surface area (Å²) < 4.78 is 16.5. The highest BCUT2D eigenvalue weighted by molar-refractivity contribution is 6.15. The van der Waals surface area contributed by atoms with E-state index in [1.54, 1.807) is 49.4 Å². The predicted molar refractivity (Wildman–Crippen MR) is 164 cm³/mol. The Morgan fingerprint density at radius 3 is 1.86 bits per heavy atom. The van der Waals surface area contributed by atoms with Crippen molar-refractivity contribution in [2.24, 2.45) is 5.41 Å². The minimum Gasteiger partial charge on any atom is -0.464 e. The molecule has 1 aliphatic carbocycles. The van der Waals surface area contributed by atoms with Crippen LogP contribution in [-0.2, 0) is 30.4 Å². The third-order valence-electron chi connectivity index (χ3n) is 7.85. The Hall–Kier alpha value is -5.24. The van der Waals surface area contributed by atoms with Crippen molar-refractivity contribution in [3.05, 3.63) is 131 Å². The first-order chi connectivity index (χ1) is 21.3. The van der Waals surface area contributed by atoms with Gasteiger partial charge in [0.15, 0.2) is 17.2 Å². The van der Waals surface area contributed by atoms with Crippen LogP contribution in [0.3, 0.4) is 0 Å². The molecule has 0 saturated carbocycles. The van der Waals surface area contributed by atoms with Gasteiger partial charge in [-0.3, -0.25) is 9.59 Å². The van der Waals surface area contributed by atoms with E-state index in [2.05, 4.69) is 5.32 Å². The number of esters is 2. The number of rotatable bonds is 11. The number of alkyl carbamates (subject to hydrolysis) is 1. The molecule has 0 aromatic heterocycles. The molecule has 0 fully saturated rings. The Labute approximate surface area is 256 Å². The molecule has 4 aromatic carbocycles. The number of Topliss-reactive ketones (excluding diaryl/α,β-unsaturated/α-hetero) is 1. The molecule has 4 aromatic rings. The van der Waals surface area contributed by atoms with Crippen molar-refractivity contribution in [1.82, 2.24) is 5.32 Å². The summed E-state index contributed by atoms with van der Waals surface area (Å²) in [4.78, 5) is 54.5. The topological polar surface area (TPSA) is 108 Å².